The average Bonchev–Trinajstić information content (AvgIpc) is 3.69. The normalized spacial score (nSPS) is 17.3. The number of aryl methyl sites for hydroxylation is 1. The van der Waals surface area contributed by atoms with E-state index in [0.717, 1.165) is 0 Å². The van der Waals surface area contributed by atoms with Gasteiger partial charge in [-0.2, -0.15) is 9.40 Å². The predicted molar refractivity (Wildman–Crippen MR) is 178 cm³/mol. The van der Waals surface area contributed by atoms with E-state index in [2.05, 4.69) is 15.7 Å². The van der Waals surface area contributed by atoms with Gasteiger partial charge in [0.1, 0.15) is 16.3 Å². The van der Waals surface area contributed by atoms with E-state index < -0.39 is 21.8 Å². The highest BCUT2D eigenvalue weighted by Gasteiger charge is 2.37. The number of imidazole rings is 1. The Hall–Kier alpha value is -4.73. The Balaban J connectivity index is 1.47. The van der Waals surface area contributed by atoms with Crippen LogP contribution in [-0.2, 0) is 28.4 Å². The Bertz CT molecular complexity index is 1950. The molecule has 6 rings (SSSR count). The third kappa shape index (κ3) is 6.79. The summed E-state index contributed by atoms with van der Waals surface area (Å²) < 4.78 is 39.0. The molecular weight excluding hydrogens is 636 g/mol. The second kappa shape index (κ2) is 14.2. The second-order valence-corrected chi connectivity index (χ2v) is 13.9. The summed E-state index contributed by atoms with van der Waals surface area (Å²) >= 11 is 0. The van der Waals surface area contributed by atoms with Gasteiger partial charge in [0, 0.05) is 65.1 Å². The monoisotopic (exact) mass is 676 g/mol. The average molecular weight is 677 g/mol. The van der Waals surface area contributed by atoms with Crippen molar-refractivity contribution in [2.24, 2.45) is 7.05 Å². The van der Waals surface area contributed by atoms with Gasteiger partial charge < -0.3 is 20.3 Å². The smallest absolute Gasteiger partial charge is 0.329 e. The topological polar surface area (TPSA) is 153 Å². The molecule has 14 nitrogen and oxygen atoms in total. The minimum Gasteiger partial charge on any atom is -0.484 e. The summed E-state index contributed by atoms with van der Waals surface area (Å²) in [4.78, 5) is 42.8. The van der Waals surface area contributed by atoms with Gasteiger partial charge in [-0.05, 0) is 30.5 Å². The molecule has 15 heteroatoms. The van der Waals surface area contributed by atoms with Crippen LogP contribution in [0.5, 0.6) is 5.75 Å². The molecule has 2 aliphatic heterocycles. The zero-order chi connectivity index (χ0) is 33.8. The number of piperazine rings is 1. The number of nitrogens with zero attached hydrogens (tertiary/aromatic N) is 6. The number of benzene rings is 2. The van der Waals surface area contributed by atoms with Crippen molar-refractivity contribution in [1.29, 1.82) is 0 Å². The van der Waals surface area contributed by atoms with Crippen molar-refractivity contribution >= 4 is 21.8 Å². The van der Waals surface area contributed by atoms with Crippen LogP contribution in [0.1, 0.15) is 34.9 Å². The summed E-state index contributed by atoms with van der Waals surface area (Å²) in [5.74, 6) is -0.101. The lowest BCUT2D eigenvalue weighted by atomic mass is 10.0. The maximum Gasteiger partial charge on any atom is 0.329 e. The molecule has 2 amide bonds. The molecule has 4 heterocycles. The van der Waals surface area contributed by atoms with Crippen molar-refractivity contribution in [2.45, 2.75) is 30.3 Å². The van der Waals surface area contributed by atoms with Gasteiger partial charge in [-0.3, -0.25) is 23.4 Å². The van der Waals surface area contributed by atoms with Crippen molar-refractivity contribution in [3.05, 3.63) is 88.7 Å². The lowest BCUT2D eigenvalue weighted by molar-refractivity contribution is -0.122. The van der Waals surface area contributed by atoms with Crippen LogP contribution in [0.2, 0.25) is 0 Å². The molecular formula is C33H40N8O6S. The summed E-state index contributed by atoms with van der Waals surface area (Å²) in [5, 5.41) is 9.85. The van der Waals surface area contributed by atoms with Crippen LogP contribution < -0.4 is 21.1 Å². The molecule has 48 heavy (non-hydrogen) atoms. The van der Waals surface area contributed by atoms with Crippen molar-refractivity contribution < 1.29 is 22.7 Å². The molecule has 254 valence electrons. The number of carbonyl (C=O) groups is 2. The number of amides is 2. The molecule has 0 spiro atoms. The fourth-order valence-corrected chi connectivity index (χ4v) is 7.83. The van der Waals surface area contributed by atoms with Gasteiger partial charge in [-0.25, -0.2) is 13.2 Å². The Morgan fingerprint density at radius 2 is 1.83 bits per heavy atom. The van der Waals surface area contributed by atoms with Crippen molar-refractivity contribution in [3.8, 4) is 17.0 Å². The number of rotatable bonds is 10. The van der Waals surface area contributed by atoms with E-state index in [-0.39, 0.29) is 42.1 Å². The van der Waals surface area contributed by atoms with Crippen molar-refractivity contribution in [2.75, 3.05) is 52.9 Å². The number of aromatic nitrogens is 4. The number of carbonyl (C=O) groups excluding carboxylic acids is 2. The van der Waals surface area contributed by atoms with Gasteiger partial charge in [0.05, 0.1) is 24.5 Å². The largest absolute Gasteiger partial charge is 0.484 e. The van der Waals surface area contributed by atoms with E-state index in [4.69, 9.17) is 4.74 Å². The minimum absolute atomic E-state index is 0.0560. The quantitative estimate of drug-likeness (QED) is 0.255. The number of piperidine rings is 1. The zero-order valence-electron chi connectivity index (χ0n) is 27.0. The van der Waals surface area contributed by atoms with Crippen LogP contribution in [0.4, 0.5) is 0 Å². The predicted octanol–water partition coefficient (Wildman–Crippen LogP) is 1.29. The molecule has 2 N–H and O–H groups in total. The Morgan fingerprint density at radius 1 is 1.06 bits per heavy atom. The van der Waals surface area contributed by atoms with E-state index in [9.17, 15) is 22.8 Å². The number of hydrogen-bond donors (Lipinski definition) is 2. The third-order valence-electron chi connectivity index (χ3n) is 8.76. The highest BCUT2D eigenvalue weighted by molar-refractivity contribution is 7.89. The fourth-order valence-electron chi connectivity index (χ4n) is 6.32. The lowest BCUT2D eigenvalue weighted by Gasteiger charge is -2.33. The van der Waals surface area contributed by atoms with E-state index >= 15 is 0 Å². The van der Waals surface area contributed by atoms with E-state index in [0.29, 0.717) is 68.1 Å². The third-order valence-corrected chi connectivity index (χ3v) is 10.6. The minimum atomic E-state index is -3.87. The summed E-state index contributed by atoms with van der Waals surface area (Å²) in [6, 6.07) is 15.9. The van der Waals surface area contributed by atoms with Crippen LogP contribution in [0.3, 0.4) is 0 Å². The second-order valence-electron chi connectivity index (χ2n) is 12.0. The van der Waals surface area contributed by atoms with Gasteiger partial charge in [-0.1, -0.05) is 42.5 Å². The SMILES string of the molecule is CNC(=O)COc1cccc(Cn2c(C(=O)N3CCNCC3)c(-c3ccccc3)n(C3CCCN(S(=O)(=O)c4cnn(C)c4)C3)c2=O)c1. The van der Waals surface area contributed by atoms with Crippen LogP contribution in [0.25, 0.3) is 11.3 Å². The molecule has 2 saturated heterocycles. The molecule has 2 aromatic carbocycles. The molecule has 1 unspecified atom stereocenters. The number of likely N-dealkylation sites (N-methyl/N-ethyl adjacent to an activating group) is 1. The summed E-state index contributed by atoms with van der Waals surface area (Å²) in [5.41, 5.74) is 1.68. The molecule has 0 bridgehead atoms. The van der Waals surface area contributed by atoms with Crippen LogP contribution >= 0.6 is 0 Å². The van der Waals surface area contributed by atoms with Gasteiger partial charge >= 0.3 is 5.69 Å². The molecule has 0 aliphatic carbocycles. The maximum absolute atomic E-state index is 14.7. The molecule has 4 aromatic rings. The van der Waals surface area contributed by atoms with Gasteiger partial charge in [-0.15, -0.1) is 0 Å². The molecule has 2 fully saturated rings. The summed E-state index contributed by atoms with van der Waals surface area (Å²) in [6.45, 7) is 2.48. The van der Waals surface area contributed by atoms with Crippen LogP contribution in [0, 0.1) is 0 Å². The summed E-state index contributed by atoms with van der Waals surface area (Å²) in [7, 11) is -0.685. The maximum atomic E-state index is 14.7. The van der Waals surface area contributed by atoms with E-state index in [1.807, 2.05) is 36.4 Å². The Labute approximate surface area is 278 Å². The molecule has 2 aromatic heterocycles. The summed E-state index contributed by atoms with van der Waals surface area (Å²) in [6.07, 6.45) is 3.87. The van der Waals surface area contributed by atoms with Crippen LogP contribution in [-0.4, -0.2) is 101 Å². The molecule has 2 aliphatic rings. The highest BCUT2D eigenvalue weighted by Crippen LogP contribution is 2.33. The molecule has 1 atom stereocenters. The number of ether oxygens (including phenoxy) is 1. The standard InChI is InChI=1S/C33H40N8O6S/c1-34-29(42)23-47-27-12-6-8-24(18-27)20-40-31(32(43)38-16-13-35-14-17-38)30(25-9-4-3-5-10-25)41(33(40)44)26-11-7-15-39(21-26)48(45,46)28-19-36-37(2)22-28/h3-6,8-10,12,18-19,22,26,35H,7,11,13-17,20-21,23H2,1-2H3,(H,34,42). The van der Waals surface area contributed by atoms with Crippen molar-refractivity contribution in [3.63, 3.8) is 0 Å². The van der Waals surface area contributed by atoms with Crippen LogP contribution in [0.15, 0.2) is 76.7 Å². The molecule has 0 saturated carbocycles. The first-order valence-corrected chi connectivity index (χ1v) is 17.4. The first kappa shape index (κ1) is 33.2. The van der Waals surface area contributed by atoms with Gasteiger partial charge in [0.2, 0.25) is 10.0 Å². The Morgan fingerprint density at radius 3 is 2.54 bits per heavy atom. The van der Waals surface area contributed by atoms with Gasteiger partial charge in [0.25, 0.3) is 11.8 Å². The highest BCUT2D eigenvalue weighted by atomic mass is 32.2. The lowest BCUT2D eigenvalue weighted by Crippen LogP contribution is -2.47. The first-order valence-electron chi connectivity index (χ1n) is 16.0. The van der Waals surface area contributed by atoms with Crippen molar-refractivity contribution in [1.82, 2.24) is 38.8 Å². The fraction of sp³-hybridized carbons (Fsp3) is 0.394. The number of nitrogens with one attached hydrogen (secondary N) is 2. The Kier molecular flexibility index (Phi) is 9.80. The zero-order valence-corrected chi connectivity index (χ0v) is 27.9. The van der Waals surface area contributed by atoms with E-state index in [1.54, 1.807) is 34.7 Å². The molecule has 0 radical (unpaired) electrons. The first-order chi connectivity index (χ1) is 23.2. The number of sulfonamides is 1. The van der Waals surface area contributed by atoms with Gasteiger partial charge in [0.15, 0.2) is 6.61 Å². The van der Waals surface area contributed by atoms with E-state index in [1.165, 1.54) is 33.0 Å². The number of hydrogen-bond acceptors (Lipinski definition) is 8.